The van der Waals surface area contributed by atoms with Gasteiger partial charge in [-0.2, -0.15) is 0 Å². The van der Waals surface area contributed by atoms with Crippen molar-refractivity contribution in [1.29, 1.82) is 0 Å². The Balaban J connectivity index is 2.20. The number of carboxylic acid groups (broad SMARTS) is 1. The summed E-state index contributed by atoms with van der Waals surface area (Å²) >= 11 is 1.58. The summed E-state index contributed by atoms with van der Waals surface area (Å²) in [5.41, 5.74) is 1.27. The van der Waals surface area contributed by atoms with Crippen molar-refractivity contribution in [2.75, 3.05) is 11.6 Å². The molecule has 5 nitrogen and oxygen atoms in total. The number of rotatable bonds is 4. The third-order valence-electron chi connectivity index (χ3n) is 2.88. The van der Waals surface area contributed by atoms with Crippen LogP contribution < -0.4 is 5.32 Å². The Kier molecular flexibility index (Phi) is 4.59. The van der Waals surface area contributed by atoms with Crippen LogP contribution in [0.4, 0.5) is 5.69 Å². The van der Waals surface area contributed by atoms with E-state index in [1.165, 1.54) is 12.1 Å². The maximum Gasteiger partial charge on any atom is 0.337 e. The average molecular weight is 302 g/mol. The summed E-state index contributed by atoms with van der Waals surface area (Å²) in [6, 6.07) is 10.2. The molecule has 1 amide bonds. The molecule has 1 aromatic carbocycles. The summed E-state index contributed by atoms with van der Waals surface area (Å²) in [5, 5.41) is 11.7. The Bertz CT molecular complexity index is 701. The van der Waals surface area contributed by atoms with E-state index in [0.29, 0.717) is 11.4 Å². The first kappa shape index (κ1) is 15.1. The predicted molar refractivity (Wildman–Crippen MR) is 82.1 cm³/mol. The minimum atomic E-state index is -1.06. The summed E-state index contributed by atoms with van der Waals surface area (Å²) in [4.78, 5) is 28.1. The number of nitrogens with one attached hydrogen (secondary N) is 1. The second-order valence-corrected chi connectivity index (χ2v) is 5.20. The maximum atomic E-state index is 12.1. The number of benzene rings is 1. The molecule has 0 saturated heterocycles. The van der Waals surface area contributed by atoms with Crippen molar-refractivity contribution in [2.24, 2.45) is 0 Å². The van der Waals surface area contributed by atoms with Crippen molar-refractivity contribution in [3.63, 3.8) is 0 Å². The molecular weight excluding hydrogens is 288 g/mol. The number of anilines is 1. The van der Waals surface area contributed by atoms with E-state index in [2.05, 4.69) is 10.3 Å². The van der Waals surface area contributed by atoms with Crippen LogP contribution in [-0.4, -0.2) is 28.2 Å². The van der Waals surface area contributed by atoms with Crippen LogP contribution in [0.5, 0.6) is 0 Å². The zero-order valence-corrected chi connectivity index (χ0v) is 12.4. The number of carbonyl (C=O) groups excluding carboxylic acids is 1. The molecule has 0 radical (unpaired) electrons. The van der Waals surface area contributed by atoms with E-state index < -0.39 is 5.97 Å². The Labute approximate surface area is 126 Å². The van der Waals surface area contributed by atoms with Gasteiger partial charge in [0.05, 0.1) is 11.3 Å². The van der Waals surface area contributed by atoms with Gasteiger partial charge in [-0.1, -0.05) is 6.07 Å². The fourth-order valence-electron chi connectivity index (χ4n) is 1.81. The summed E-state index contributed by atoms with van der Waals surface area (Å²) in [6.07, 6.45) is 1.95. The highest BCUT2D eigenvalue weighted by Gasteiger charge is 2.13. The first-order valence-corrected chi connectivity index (χ1v) is 7.40. The van der Waals surface area contributed by atoms with E-state index in [1.54, 1.807) is 24.8 Å². The van der Waals surface area contributed by atoms with Crippen molar-refractivity contribution >= 4 is 29.3 Å². The highest BCUT2D eigenvalue weighted by atomic mass is 32.2. The molecule has 2 aromatic rings. The lowest BCUT2D eigenvalue weighted by molar-refractivity contribution is 0.0695. The molecule has 21 heavy (non-hydrogen) atoms. The molecule has 108 valence electrons. The quantitative estimate of drug-likeness (QED) is 0.849. The summed E-state index contributed by atoms with van der Waals surface area (Å²) in [7, 11) is 0. The van der Waals surface area contributed by atoms with Crippen molar-refractivity contribution < 1.29 is 14.7 Å². The second-order valence-electron chi connectivity index (χ2n) is 4.32. The van der Waals surface area contributed by atoms with Crippen LogP contribution in [0.1, 0.15) is 26.5 Å². The Morgan fingerprint density at radius 2 is 2.00 bits per heavy atom. The van der Waals surface area contributed by atoms with E-state index in [9.17, 15) is 9.59 Å². The van der Waals surface area contributed by atoms with Crippen LogP contribution >= 0.6 is 11.8 Å². The van der Waals surface area contributed by atoms with Gasteiger partial charge in [-0.05, 0) is 43.5 Å². The lowest BCUT2D eigenvalue weighted by Gasteiger charge is -2.07. The van der Waals surface area contributed by atoms with Gasteiger partial charge in [-0.3, -0.25) is 4.79 Å². The predicted octanol–water partition coefficient (Wildman–Crippen LogP) is 3.06. The molecular formula is C15H14N2O3S. The SMILES string of the molecule is CSc1cccc(NC(=O)c2ccc(C(=O)O)c(C)n2)c1. The number of nitrogens with zero attached hydrogens (tertiary/aromatic N) is 1. The van der Waals surface area contributed by atoms with Crippen LogP contribution in [0.3, 0.4) is 0 Å². The number of thioether (sulfide) groups is 1. The van der Waals surface area contributed by atoms with Gasteiger partial charge in [0.1, 0.15) is 5.69 Å². The van der Waals surface area contributed by atoms with E-state index in [0.717, 1.165) is 4.90 Å². The molecule has 0 spiro atoms. The van der Waals surface area contributed by atoms with Gasteiger partial charge in [-0.25, -0.2) is 9.78 Å². The van der Waals surface area contributed by atoms with Gasteiger partial charge in [-0.15, -0.1) is 11.8 Å². The fourth-order valence-corrected chi connectivity index (χ4v) is 2.27. The van der Waals surface area contributed by atoms with E-state index >= 15 is 0 Å². The smallest absolute Gasteiger partial charge is 0.337 e. The number of carboxylic acids is 1. The summed E-state index contributed by atoms with van der Waals surface area (Å²) in [6.45, 7) is 1.56. The molecule has 6 heteroatoms. The minimum absolute atomic E-state index is 0.0935. The molecule has 0 unspecified atom stereocenters. The highest BCUT2D eigenvalue weighted by Crippen LogP contribution is 2.19. The summed E-state index contributed by atoms with van der Waals surface area (Å²) < 4.78 is 0. The number of aromatic nitrogens is 1. The Morgan fingerprint density at radius 1 is 1.24 bits per heavy atom. The lowest BCUT2D eigenvalue weighted by atomic mass is 10.2. The lowest BCUT2D eigenvalue weighted by Crippen LogP contribution is -2.15. The van der Waals surface area contributed by atoms with E-state index in [4.69, 9.17) is 5.11 Å². The molecule has 1 aromatic heterocycles. The zero-order chi connectivity index (χ0) is 15.4. The van der Waals surface area contributed by atoms with Gasteiger partial charge in [0, 0.05) is 10.6 Å². The average Bonchev–Trinajstić information content (AvgIpc) is 2.46. The monoisotopic (exact) mass is 302 g/mol. The largest absolute Gasteiger partial charge is 0.478 e. The Hall–Kier alpha value is -2.34. The molecule has 0 bridgehead atoms. The zero-order valence-electron chi connectivity index (χ0n) is 11.6. The highest BCUT2D eigenvalue weighted by molar-refractivity contribution is 7.98. The molecule has 0 aliphatic rings. The number of hydrogen-bond donors (Lipinski definition) is 2. The normalized spacial score (nSPS) is 10.2. The molecule has 0 atom stereocenters. The third-order valence-corrected chi connectivity index (χ3v) is 3.60. The molecule has 0 aliphatic heterocycles. The molecule has 2 N–H and O–H groups in total. The van der Waals surface area contributed by atoms with Crippen molar-refractivity contribution in [2.45, 2.75) is 11.8 Å². The maximum absolute atomic E-state index is 12.1. The van der Waals surface area contributed by atoms with E-state index in [1.807, 2.05) is 24.5 Å². The number of amides is 1. The van der Waals surface area contributed by atoms with Crippen LogP contribution in [0.2, 0.25) is 0 Å². The first-order valence-electron chi connectivity index (χ1n) is 6.17. The van der Waals surface area contributed by atoms with E-state index in [-0.39, 0.29) is 17.2 Å². The number of pyridine rings is 1. The van der Waals surface area contributed by atoms with Gasteiger partial charge in [0.2, 0.25) is 0 Å². The topological polar surface area (TPSA) is 79.3 Å². The number of carbonyl (C=O) groups is 2. The minimum Gasteiger partial charge on any atom is -0.478 e. The van der Waals surface area contributed by atoms with Gasteiger partial charge in [0.15, 0.2) is 0 Å². The van der Waals surface area contributed by atoms with Gasteiger partial charge < -0.3 is 10.4 Å². The Morgan fingerprint density at radius 3 is 2.62 bits per heavy atom. The fraction of sp³-hybridized carbons (Fsp3) is 0.133. The number of aromatic carboxylic acids is 1. The van der Waals surface area contributed by atoms with Gasteiger partial charge in [0.25, 0.3) is 5.91 Å². The molecule has 0 aliphatic carbocycles. The van der Waals surface area contributed by atoms with Crippen LogP contribution in [0.25, 0.3) is 0 Å². The summed E-state index contributed by atoms with van der Waals surface area (Å²) in [5.74, 6) is -1.42. The third kappa shape index (κ3) is 3.61. The number of aryl methyl sites for hydroxylation is 1. The molecule has 2 rings (SSSR count). The van der Waals surface area contributed by atoms with Crippen molar-refractivity contribution in [1.82, 2.24) is 4.98 Å². The number of hydrogen-bond acceptors (Lipinski definition) is 4. The van der Waals surface area contributed by atoms with Crippen molar-refractivity contribution in [3.8, 4) is 0 Å². The molecule has 0 fully saturated rings. The molecule has 0 saturated carbocycles. The van der Waals surface area contributed by atoms with Crippen molar-refractivity contribution in [3.05, 3.63) is 53.3 Å². The van der Waals surface area contributed by atoms with Crippen LogP contribution in [-0.2, 0) is 0 Å². The second kappa shape index (κ2) is 6.41. The standard InChI is InChI=1S/C15H14N2O3S/c1-9-12(15(19)20)6-7-13(16-9)14(18)17-10-4-3-5-11(8-10)21-2/h3-8H,1-2H3,(H,17,18)(H,19,20). The van der Waals surface area contributed by atoms with Crippen LogP contribution in [0, 0.1) is 6.92 Å². The van der Waals surface area contributed by atoms with Crippen LogP contribution in [0.15, 0.2) is 41.3 Å². The van der Waals surface area contributed by atoms with Gasteiger partial charge >= 0.3 is 5.97 Å². The first-order chi connectivity index (χ1) is 10.0. The molecule has 1 heterocycles.